The molecule has 0 unspecified atom stereocenters. The molecule has 0 saturated heterocycles. The van der Waals surface area contributed by atoms with E-state index in [2.05, 4.69) is 0 Å². The third-order valence-electron chi connectivity index (χ3n) is 2.12. The van der Waals surface area contributed by atoms with Gasteiger partial charge in [0.15, 0.2) is 0 Å². The Morgan fingerprint density at radius 3 is 2.20 bits per heavy atom. The summed E-state index contributed by atoms with van der Waals surface area (Å²) in [4.78, 5) is 0. The van der Waals surface area contributed by atoms with Gasteiger partial charge in [-0.25, -0.2) is 4.39 Å². The molecule has 0 N–H and O–H groups in total. The Kier molecular flexibility index (Phi) is 2.94. The van der Waals surface area contributed by atoms with Crippen LogP contribution in [0.15, 0.2) is 42.5 Å². The maximum absolute atomic E-state index is 13.5. The smallest absolute Gasteiger partial charge is 0.131 e. The summed E-state index contributed by atoms with van der Waals surface area (Å²) in [5.41, 5.74) is 1.08. The minimum Gasteiger partial charge on any atom is -0.206 e. The molecule has 2 aromatic carbocycles. The Morgan fingerprint density at radius 2 is 1.47 bits per heavy atom. The zero-order valence-electron chi connectivity index (χ0n) is 7.68. The van der Waals surface area contributed by atoms with Crippen molar-refractivity contribution >= 4 is 23.2 Å². The lowest BCUT2D eigenvalue weighted by Crippen LogP contribution is -1.84. The molecule has 0 heterocycles. The van der Waals surface area contributed by atoms with Gasteiger partial charge in [0.05, 0.1) is 10.0 Å². The molecule has 0 saturated carbocycles. The highest BCUT2D eigenvalue weighted by Gasteiger charge is 2.09. The van der Waals surface area contributed by atoms with E-state index >= 15 is 0 Å². The quantitative estimate of drug-likeness (QED) is 0.672. The molecule has 0 aliphatic carbocycles. The molecule has 3 heteroatoms. The van der Waals surface area contributed by atoms with Crippen molar-refractivity contribution < 1.29 is 4.39 Å². The van der Waals surface area contributed by atoms with E-state index in [1.807, 2.05) is 0 Å². The van der Waals surface area contributed by atoms with Gasteiger partial charge < -0.3 is 0 Å². The second-order valence-electron chi connectivity index (χ2n) is 3.08. The molecule has 0 aromatic heterocycles. The third-order valence-corrected chi connectivity index (χ3v) is 2.93. The predicted octanol–water partition coefficient (Wildman–Crippen LogP) is 4.80. The second-order valence-corrected chi connectivity index (χ2v) is 3.87. The molecule has 0 aliphatic rings. The van der Waals surface area contributed by atoms with Crippen LogP contribution in [0.2, 0.25) is 10.0 Å². The normalized spacial score (nSPS) is 10.3. The molecular weight excluding hydrogens is 234 g/mol. The van der Waals surface area contributed by atoms with E-state index in [0.29, 0.717) is 21.2 Å². The molecule has 0 fully saturated rings. The lowest BCUT2D eigenvalue weighted by atomic mass is 10.1. The third kappa shape index (κ3) is 1.99. The first-order valence-electron chi connectivity index (χ1n) is 4.39. The molecule has 2 aromatic rings. The summed E-state index contributed by atoms with van der Waals surface area (Å²) in [7, 11) is 0. The van der Waals surface area contributed by atoms with Gasteiger partial charge in [0.2, 0.25) is 0 Å². The van der Waals surface area contributed by atoms with Gasteiger partial charge in [-0.2, -0.15) is 0 Å². The SMILES string of the molecule is Fc1ccccc1-c1cccc(Cl)c1Cl. The molecule has 76 valence electrons. The fraction of sp³-hybridized carbons (Fsp3) is 0. The first-order chi connectivity index (χ1) is 7.20. The first kappa shape index (κ1) is 10.5. The van der Waals surface area contributed by atoms with Crippen LogP contribution in [0.4, 0.5) is 4.39 Å². The van der Waals surface area contributed by atoms with Gasteiger partial charge in [-0.1, -0.05) is 53.5 Å². The summed E-state index contributed by atoms with van der Waals surface area (Å²) in [6.07, 6.45) is 0. The number of benzene rings is 2. The molecule has 0 spiro atoms. The fourth-order valence-corrected chi connectivity index (χ4v) is 1.79. The number of rotatable bonds is 1. The number of hydrogen-bond acceptors (Lipinski definition) is 0. The van der Waals surface area contributed by atoms with Crippen LogP contribution in [0.5, 0.6) is 0 Å². The lowest BCUT2D eigenvalue weighted by Gasteiger charge is -2.06. The summed E-state index contributed by atoms with van der Waals surface area (Å²) in [6, 6.07) is 11.6. The largest absolute Gasteiger partial charge is 0.206 e. The maximum atomic E-state index is 13.5. The Morgan fingerprint density at radius 1 is 0.800 bits per heavy atom. The first-order valence-corrected chi connectivity index (χ1v) is 5.14. The zero-order chi connectivity index (χ0) is 10.8. The van der Waals surface area contributed by atoms with E-state index < -0.39 is 0 Å². The standard InChI is InChI=1S/C12H7Cl2F/c13-10-6-3-5-9(12(10)14)8-4-1-2-7-11(8)15/h1-7H. The van der Waals surface area contributed by atoms with Crippen molar-refractivity contribution in [3.63, 3.8) is 0 Å². The summed E-state index contributed by atoms with van der Waals surface area (Å²) in [6.45, 7) is 0. The van der Waals surface area contributed by atoms with Crippen molar-refractivity contribution in [1.82, 2.24) is 0 Å². The molecular formula is C12H7Cl2F. The molecule has 0 atom stereocenters. The van der Waals surface area contributed by atoms with E-state index in [-0.39, 0.29) is 5.82 Å². The summed E-state index contributed by atoms with van der Waals surface area (Å²) in [5, 5.41) is 0.807. The molecule has 15 heavy (non-hydrogen) atoms. The second kappa shape index (κ2) is 4.21. The van der Waals surface area contributed by atoms with Crippen LogP contribution >= 0.6 is 23.2 Å². The van der Waals surface area contributed by atoms with Crippen LogP contribution in [0.3, 0.4) is 0 Å². The van der Waals surface area contributed by atoms with Crippen LogP contribution in [0, 0.1) is 5.82 Å². The lowest BCUT2D eigenvalue weighted by molar-refractivity contribution is 0.631. The zero-order valence-corrected chi connectivity index (χ0v) is 9.19. The number of hydrogen-bond donors (Lipinski definition) is 0. The van der Waals surface area contributed by atoms with E-state index in [1.165, 1.54) is 6.07 Å². The highest BCUT2D eigenvalue weighted by Crippen LogP contribution is 2.34. The highest BCUT2D eigenvalue weighted by molar-refractivity contribution is 6.43. The van der Waals surface area contributed by atoms with Gasteiger partial charge in [0.25, 0.3) is 0 Å². The molecule has 0 nitrogen and oxygen atoms in total. The Labute approximate surface area is 97.3 Å². The van der Waals surface area contributed by atoms with Crippen molar-refractivity contribution in [3.8, 4) is 11.1 Å². The van der Waals surface area contributed by atoms with E-state index in [1.54, 1.807) is 36.4 Å². The molecule has 0 amide bonds. The van der Waals surface area contributed by atoms with Crippen LogP contribution in [-0.2, 0) is 0 Å². The van der Waals surface area contributed by atoms with Crippen molar-refractivity contribution in [3.05, 3.63) is 58.3 Å². The van der Waals surface area contributed by atoms with E-state index in [0.717, 1.165) is 0 Å². The van der Waals surface area contributed by atoms with Crippen LogP contribution in [0.1, 0.15) is 0 Å². The molecule has 0 radical (unpaired) electrons. The van der Waals surface area contributed by atoms with Gasteiger partial charge in [-0.05, 0) is 12.1 Å². The maximum Gasteiger partial charge on any atom is 0.131 e. The summed E-state index contributed by atoms with van der Waals surface area (Å²) >= 11 is 11.9. The Bertz CT molecular complexity index is 495. The predicted molar refractivity (Wildman–Crippen MR) is 61.9 cm³/mol. The summed E-state index contributed by atoms with van der Waals surface area (Å²) in [5.74, 6) is -0.304. The fourth-order valence-electron chi connectivity index (χ4n) is 1.39. The minimum atomic E-state index is -0.304. The van der Waals surface area contributed by atoms with Crippen LogP contribution in [0.25, 0.3) is 11.1 Å². The molecule has 0 bridgehead atoms. The average molecular weight is 241 g/mol. The topological polar surface area (TPSA) is 0 Å². The number of halogens is 3. The van der Waals surface area contributed by atoms with Crippen LogP contribution < -0.4 is 0 Å². The van der Waals surface area contributed by atoms with E-state index in [9.17, 15) is 4.39 Å². The van der Waals surface area contributed by atoms with Gasteiger partial charge in [-0.3, -0.25) is 0 Å². The Balaban J connectivity index is 2.65. The van der Waals surface area contributed by atoms with Gasteiger partial charge in [0.1, 0.15) is 5.82 Å². The minimum absolute atomic E-state index is 0.304. The highest BCUT2D eigenvalue weighted by atomic mass is 35.5. The van der Waals surface area contributed by atoms with Gasteiger partial charge >= 0.3 is 0 Å². The van der Waals surface area contributed by atoms with Crippen LogP contribution in [-0.4, -0.2) is 0 Å². The van der Waals surface area contributed by atoms with E-state index in [4.69, 9.17) is 23.2 Å². The van der Waals surface area contributed by atoms with Gasteiger partial charge in [-0.15, -0.1) is 0 Å². The molecule has 0 aliphatic heterocycles. The van der Waals surface area contributed by atoms with Crippen molar-refractivity contribution in [1.29, 1.82) is 0 Å². The average Bonchev–Trinajstić information content (AvgIpc) is 2.23. The monoisotopic (exact) mass is 240 g/mol. The Hall–Kier alpha value is -1.05. The van der Waals surface area contributed by atoms with Gasteiger partial charge in [0, 0.05) is 11.1 Å². The molecule has 2 rings (SSSR count). The van der Waals surface area contributed by atoms with Crippen molar-refractivity contribution in [2.75, 3.05) is 0 Å². The van der Waals surface area contributed by atoms with Crippen molar-refractivity contribution in [2.45, 2.75) is 0 Å². The summed E-state index contributed by atoms with van der Waals surface area (Å²) < 4.78 is 13.5. The van der Waals surface area contributed by atoms with Crippen molar-refractivity contribution in [2.24, 2.45) is 0 Å².